The summed E-state index contributed by atoms with van der Waals surface area (Å²) in [4.78, 5) is 54.6. The zero-order valence-electron chi connectivity index (χ0n) is 14.3. The Balaban J connectivity index is 1.97. The molecule has 1 atom stereocenters. The minimum absolute atomic E-state index is 0.0424. The van der Waals surface area contributed by atoms with Crippen LogP contribution in [0.4, 0.5) is 0 Å². The number of hydroxylamine groups is 1. The van der Waals surface area contributed by atoms with E-state index in [0.29, 0.717) is 5.56 Å². The Kier molecular flexibility index (Phi) is 5.00. The normalized spacial score (nSPS) is 14.0. The molecule has 2 aromatic rings. The first-order chi connectivity index (χ1) is 12.9. The van der Waals surface area contributed by atoms with Gasteiger partial charge in [0.05, 0.1) is 23.8 Å². The number of amides is 3. The largest absolute Gasteiger partial charge is 0.478 e. The highest BCUT2D eigenvalue weighted by Crippen LogP contribution is 2.26. The average Bonchev–Trinajstić information content (AvgIpc) is 2.91. The van der Waals surface area contributed by atoms with Gasteiger partial charge in [-0.15, -0.1) is 0 Å². The molecule has 1 aliphatic rings. The number of carbonyl (C=O) groups excluding carboxylic acids is 3. The van der Waals surface area contributed by atoms with E-state index < -0.39 is 29.7 Å². The summed E-state index contributed by atoms with van der Waals surface area (Å²) in [6.07, 6.45) is -0.0538. The third-order valence-electron chi connectivity index (χ3n) is 4.25. The average molecular weight is 368 g/mol. The quantitative estimate of drug-likeness (QED) is 0.586. The standard InChI is InChI=1S/C19H16N2O6/c1-27-20-16(22)15(10-11-5-4-6-12(9-11)19(25)26)21-17(23)13-7-2-3-8-14(13)18(21)24/h2-9,15H,10H2,1H3,(H,20,22)(H,25,26)/t15-/m0/s1. The van der Waals surface area contributed by atoms with Crippen molar-refractivity contribution in [3.63, 3.8) is 0 Å². The van der Waals surface area contributed by atoms with Crippen LogP contribution >= 0.6 is 0 Å². The van der Waals surface area contributed by atoms with E-state index >= 15 is 0 Å². The lowest BCUT2D eigenvalue weighted by molar-refractivity contribution is -0.135. The maximum atomic E-state index is 12.7. The molecule has 3 rings (SSSR count). The summed E-state index contributed by atoms with van der Waals surface area (Å²) in [5.74, 6) is -2.97. The number of carbonyl (C=O) groups is 4. The predicted octanol–water partition coefficient (Wildman–Crippen LogP) is 1.27. The van der Waals surface area contributed by atoms with Crippen molar-refractivity contribution in [2.75, 3.05) is 7.11 Å². The number of aromatic carboxylic acids is 1. The molecule has 8 heteroatoms. The molecule has 138 valence electrons. The van der Waals surface area contributed by atoms with Crippen LogP contribution in [0.25, 0.3) is 0 Å². The van der Waals surface area contributed by atoms with Gasteiger partial charge in [0.1, 0.15) is 6.04 Å². The van der Waals surface area contributed by atoms with Crippen molar-refractivity contribution in [1.82, 2.24) is 10.4 Å². The highest BCUT2D eigenvalue weighted by atomic mass is 16.6. The molecule has 0 fully saturated rings. The van der Waals surface area contributed by atoms with Crippen molar-refractivity contribution in [2.24, 2.45) is 0 Å². The monoisotopic (exact) mass is 368 g/mol. The highest BCUT2D eigenvalue weighted by Gasteiger charge is 2.42. The molecule has 1 heterocycles. The third-order valence-corrected chi connectivity index (χ3v) is 4.25. The molecule has 8 nitrogen and oxygen atoms in total. The smallest absolute Gasteiger partial charge is 0.335 e. The molecule has 0 unspecified atom stereocenters. The van der Waals surface area contributed by atoms with Gasteiger partial charge in [-0.05, 0) is 29.8 Å². The van der Waals surface area contributed by atoms with E-state index in [4.69, 9.17) is 5.11 Å². The van der Waals surface area contributed by atoms with Crippen molar-refractivity contribution >= 4 is 23.7 Å². The van der Waals surface area contributed by atoms with Gasteiger partial charge in [-0.25, -0.2) is 10.3 Å². The lowest BCUT2D eigenvalue weighted by atomic mass is 10.0. The first kappa shape index (κ1) is 18.3. The van der Waals surface area contributed by atoms with Crippen molar-refractivity contribution in [3.05, 3.63) is 70.8 Å². The topological polar surface area (TPSA) is 113 Å². The summed E-state index contributed by atoms with van der Waals surface area (Å²) >= 11 is 0. The number of benzene rings is 2. The summed E-state index contributed by atoms with van der Waals surface area (Å²) in [5, 5.41) is 9.13. The van der Waals surface area contributed by atoms with Crippen LogP contribution in [-0.2, 0) is 16.1 Å². The van der Waals surface area contributed by atoms with Crippen LogP contribution < -0.4 is 5.48 Å². The van der Waals surface area contributed by atoms with Crippen molar-refractivity contribution in [3.8, 4) is 0 Å². The summed E-state index contributed by atoms with van der Waals surface area (Å²) in [6.45, 7) is 0. The molecule has 0 spiro atoms. The minimum atomic E-state index is -1.19. The van der Waals surface area contributed by atoms with Crippen LogP contribution in [0.1, 0.15) is 36.6 Å². The SMILES string of the molecule is CONC(=O)[C@H](Cc1cccc(C(=O)O)c1)N1C(=O)c2ccccc2C1=O. The van der Waals surface area contributed by atoms with Crippen LogP contribution in [0.3, 0.4) is 0 Å². The number of nitrogens with one attached hydrogen (secondary N) is 1. The summed E-state index contributed by atoms with van der Waals surface area (Å²) in [5.41, 5.74) is 3.12. The summed E-state index contributed by atoms with van der Waals surface area (Å²) in [7, 11) is 1.24. The van der Waals surface area contributed by atoms with E-state index in [0.717, 1.165) is 4.90 Å². The molecule has 0 bridgehead atoms. The second-order valence-corrected chi connectivity index (χ2v) is 5.92. The van der Waals surface area contributed by atoms with Crippen molar-refractivity contribution in [2.45, 2.75) is 12.5 Å². The van der Waals surface area contributed by atoms with E-state index in [1.807, 2.05) is 0 Å². The Hall–Kier alpha value is -3.52. The Morgan fingerprint density at radius 2 is 1.70 bits per heavy atom. The van der Waals surface area contributed by atoms with E-state index in [-0.39, 0.29) is 23.1 Å². The van der Waals surface area contributed by atoms with Crippen LogP contribution in [0.2, 0.25) is 0 Å². The van der Waals surface area contributed by atoms with Gasteiger partial charge in [0.15, 0.2) is 0 Å². The second-order valence-electron chi connectivity index (χ2n) is 5.92. The van der Waals surface area contributed by atoms with Crippen molar-refractivity contribution < 1.29 is 29.1 Å². The van der Waals surface area contributed by atoms with Crippen LogP contribution in [0.15, 0.2) is 48.5 Å². The predicted molar refractivity (Wildman–Crippen MR) is 93.0 cm³/mol. The Morgan fingerprint density at radius 3 is 2.26 bits per heavy atom. The third kappa shape index (κ3) is 3.42. The minimum Gasteiger partial charge on any atom is -0.478 e. The van der Waals surface area contributed by atoms with Gasteiger partial charge < -0.3 is 5.11 Å². The molecule has 0 radical (unpaired) electrons. The molecule has 0 aliphatic carbocycles. The van der Waals surface area contributed by atoms with Crippen LogP contribution in [0, 0.1) is 0 Å². The lowest BCUT2D eigenvalue weighted by Gasteiger charge is -2.25. The number of carboxylic acid groups (broad SMARTS) is 1. The number of hydrogen-bond acceptors (Lipinski definition) is 5. The molecular formula is C19H16N2O6. The molecule has 27 heavy (non-hydrogen) atoms. The van der Waals surface area contributed by atoms with Crippen LogP contribution in [0.5, 0.6) is 0 Å². The van der Waals surface area contributed by atoms with Gasteiger partial charge in [-0.3, -0.25) is 24.1 Å². The number of imide groups is 1. The Labute approximate surface area is 154 Å². The van der Waals surface area contributed by atoms with E-state index in [1.165, 1.54) is 37.4 Å². The highest BCUT2D eigenvalue weighted by molar-refractivity contribution is 6.22. The van der Waals surface area contributed by atoms with E-state index in [1.54, 1.807) is 18.2 Å². The van der Waals surface area contributed by atoms with Gasteiger partial charge in [-0.2, -0.15) is 0 Å². The maximum absolute atomic E-state index is 12.7. The van der Waals surface area contributed by atoms with E-state index in [2.05, 4.69) is 10.3 Å². The molecule has 0 aromatic heterocycles. The fraction of sp³-hybridized carbons (Fsp3) is 0.158. The van der Waals surface area contributed by atoms with Gasteiger partial charge in [0.25, 0.3) is 17.7 Å². The molecule has 2 aromatic carbocycles. The maximum Gasteiger partial charge on any atom is 0.335 e. The summed E-state index contributed by atoms with van der Waals surface area (Å²) in [6, 6.07) is 11.1. The van der Waals surface area contributed by atoms with Gasteiger partial charge in [0.2, 0.25) is 0 Å². The Bertz CT molecular complexity index is 904. The zero-order valence-corrected chi connectivity index (χ0v) is 14.3. The first-order valence-corrected chi connectivity index (χ1v) is 8.06. The molecule has 0 saturated carbocycles. The molecule has 3 amide bonds. The van der Waals surface area contributed by atoms with E-state index in [9.17, 15) is 19.2 Å². The summed E-state index contributed by atoms with van der Waals surface area (Å²) < 4.78 is 0. The van der Waals surface area contributed by atoms with Gasteiger partial charge >= 0.3 is 5.97 Å². The molecular weight excluding hydrogens is 352 g/mol. The molecule has 1 aliphatic heterocycles. The lowest BCUT2D eigenvalue weighted by Crippen LogP contribution is -2.50. The molecule has 0 saturated heterocycles. The molecule has 2 N–H and O–H groups in total. The second kappa shape index (κ2) is 7.38. The number of nitrogens with zero attached hydrogens (tertiary/aromatic N) is 1. The fourth-order valence-corrected chi connectivity index (χ4v) is 3.02. The van der Waals surface area contributed by atoms with Gasteiger partial charge in [-0.1, -0.05) is 24.3 Å². The Morgan fingerprint density at radius 1 is 1.07 bits per heavy atom. The number of carboxylic acids is 1. The van der Waals surface area contributed by atoms with Crippen molar-refractivity contribution in [1.29, 1.82) is 0 Å². The van der Waals surface area contributed by atoms with Crippen LogP contribution in [-0.4, -0.2) is 46.8 Å². The zero-order chi connectivity index (χ0) is 19.6. The number of rotatable bonds is 6. The van der Waals surface area contributed by atoms with Gasteiger partial charge in [0, 0.05) is 6.42 Å². The number of hydrogen-bond donors (Lipinski definition) is 2. The first-order valence-electron chi connectivity index (χ1n) is 8.06. The number of fused-ring (bicyclic) bond motifs is 1. The fourth-order valence-electron chi connectivity index (χ4n) is 3.02.